The van der Waals surface area contributed by atoms with E-state index in [1.165, 1.54) is 17.4 Å². The van der Waals surface area contributed by atoms with Gasteiger partial charge in [0.05, 0.1) is 22.4 Å². The van der Waals surface area contributed by atoms with Gasteiger partial charge in [0.1, 0.15) is 11.3 Å². The second-order valence-corrected chi connectivity index (χ2v) is 6.64. The van der Waals surface area contributed by atoms with Crippen molar-refractivity contribution < 1.29 is 9.53 Å². The van der Waals surface area contributed by atoms with E-state index < -0.39 is 5.91 Å². The molecule has 4 nitrogen and oxygen atoms in total. The molecule has 0 N–H and O–H groups in total. The maximum atomic E-state index is 12.4. The number of thiazole rings is 1. The average Bonchev–Trinajstić information content (AvgIpc) is 2.83. The number of ether oxygens (including phenoxy) is 1. The van der Waals surface area contributed by atoms with E-state index in [1.54, 1.807) is 19.2 Å². The van der Waals surface area contributed by atoms with Crippen LogP contribution in [-0.2, 0) is 7.05 Å². The number of para-hydroxylation sites is 1. The third-order valence-electron chi connectivity index (χ3n) is 3.36. The quantitative estimate of drug-likeness (QED) is 0.678. The molecule has 0 aliphatic heterocycles. The fourth-order valence-corrected chi connectivity index (χ4v) is 3.77. The van der Waals surface area contributed by atoms with Crippen molar-refractivity contribution in [3.05, 3.63) is 56.8 Å². The Kier molecular flexibility index (Phi) is 4.43. The summed E-state index contributed by atoms with van der Waals surface area (Å²) < 4.78 is 8.19. The minimum Gasteiger partial charge on any atom is -0.495 e. The van der Waals surface area contributed by atoms with Gasteiger partial charge in [0.25, 0.3) is 5.91 Å². The van der Waals surface area contributed by atoms with E-state index in [9.17, 15) is 4.79 Å². The predicted octanol–water partition coefficient (Wildman–Crippen LogP) is 4.30. The second-order valence-electron chi connectivity index (χ2n) is 4.79. The van der Waals surface area contributed by atoms with Gasteiger partial charge < -0.3 is 9.30 Å². The van der Waals surface area contributed by atoms with Gasteiger partial charge in [-0.1, -0.05) is 40.6 Å². The molecular weight excluding hydrogens is 355 g/mol. The molecule has 3 rings (SSSR count). The number of hydrogen-bond donors (Lipinski definition) is 0. The van der Waals surface area contributed by atoms with Crippen molar-refractivity contribution in [2.24, 2.45) is 12.0 Å². The van der Waals surface area contributed by atoms with Crippen LogP contribution in [0.4, 0.5) is 0 Å². The highest BCUT2D eigenvalue weighted by molar-refractivity contribution is 7.16. The Balaban J connectivity index is 2.14. The van der Waals surface area contributed by atoms with E-state index in [0.29, 0.717) is 15.4 Å². The van der Waals surface area contributed by atoms with E-state index >= 15 is 0 Å². The Labute approximate surface area is 146 Å². The number of aromatic nitrogens is 1. The number of aryl methyl sites for hydroxylation is 1. The van der Waals surface area contributed by atoms with Crippen LogP contribution >= 0.6 is 34.5 Å². The molecule has 0 saturated heterocycles. The fraction of sp³-hybridized carbons (Fsp3) is 0.125. The largest absolute Gasteiger partial charge is 0.495 e. The van der Waals surface area contributed by atoms with Crippen LogP contribution in [0.5, 0.6) is 5.75 Å². The molecule has 0 saturated carbocycles. The van der Waals surface area contributed by atoms with E-state index in [2.05, 4.69) is 4.99 Å². The number of fused-ring (bicyclic) bond motifs is 1. The molecule has 7 heteroatoms. The Hall–Kier alpha value is -1.82. The lowest BCUT2D eigenvalue weighted by Gasteiger charge is -2.03. The zero-order valence-corrected chi connectivity index (χ0v) is 14.7. The van der Waals surface area contributed by atoms with Gasteiger partial charge in [-0.05, 0) is 30.3 Å². The van der Waals surface area contributed by atoms with Gasteiger partial charge in [0.2, 0.25) is 0 Å². The smallest absolute Gasteiger partial charge is 0.281 e. The third-order valence-corrected chi connectivity index (χ3v) is 5.01. The van der Waals surface area contributed by atoms with Crippen LogP contribution in [0.15, 0.2) is 41.4 Å². The van der Waals surface area contributed by atoms with Crippen molar-refractivity contribution in [3.8, 4) is 5.75 Å². The number of hydrogen-bond acceptors (Lipinski definition) is 3. The average molecular weight is 367 g/mol. The molecule has 0 fully saturated rings. The zero-order chi connectivity index (χ0) is 16.6. The summed E-state index contributed by atoms with van der Waals surface area (Å²) >= 11 is 13.3. The SMILES string of the molecule is COc1cccc2sc(=NC(=O)c3ccc(Cl)cc3Cl)n(C)c12. The summed E-state index contributed by atoms with van der Waals surface area (Å²) in [7, 11) is 3.46. The summed E-state index contributed by atoms with van der Waals surface area (Å²) in [6.07, 6.45) is 0. The van der Waals surface area contributed by atoms with Gasteiger partial charge in [0, 0.05) is 12.1 Å². The monoisotopic (exact) mass is 366 g/mol. The summed E-state index contributed by atoms with van der Waals surface area (Å²) in [5.41, 5.74) is 1.22. The first kappa shape index (κ1) is 16.1. The van der Waals surface area contributed by atoms with E-state index in [-0.39, 0.29) is 5.02 Å². The van der Waals surface area contributed by atoms with Crippen molar-refractivity contribution in [1.82, 2.24) is 4.57 Å². The number of amides is 1. The molecule has 118 valence electrons. The maximum Gasteiger partial charge on any atom is 0.281 e. The minimum absolute atomic E-state index is 0.285. The summed E-state index contributed by atoms with van der Waals surface area (Å²) in [6.45, 7) is 0. The highest BCUT2D eigenvalue weighted by Crippen LogP contribution is 2.26. The van der Waals surface area contributed by atoms with Gasteiger partial charge in [0.15, 0.2) is 4.80 Å². The van der Waals surface area contributed by atoms with Crippen molar-refractivity contribution in [2.75, 3.05) is 7.11 Å². The van der Waals surface area contributed by atoms with E-state index in [4.69, 9.17) is 27.9 Å². The topological polar surface area (TPSA) is 43.6 Å². The molecule has 0 bridgehead atoms. The number of carbonyl (C=O) groups excluding carboxylic acids is 1. The Morgan fingerprint density at radius 2 is 2.04 bits per heavy atom. The number of benzene rings is 2. The Morgan fingerprint density at radius 1 is 1.26 bits per heavy atom. The lowest BCUT2D eigenvalue weighted by atomic mass is 10.2. The van der Waals surface area contributed by atoms with Crippen LogP contribution in [0.2, 0.25) is 10.0 Å². The van der Waals surface area contributed by atoms with Crippen molar-refractivity contribution in [1.29, 1.82) is 0 Å². The van der Waals surface area contributed by atoms with Gasteiger partial charge in [-0.3, -0.25) is 4.79 Å². The molecule has 2 aromatic carbocycles. The first-order valence-electron chi connectivity index (χ1n) is 6.68. The Bertz CT molecular complexity index is 976. The number of methoxy groups -OCH3 is 1. The van der Waals surface area contributed by atoms with Gasteiger partial charge >= 0.3 is 0 Å². The first-order valence-corrected chi connectivity index (χ1v) is 8.25. The van der Waals surface area contributed by atoms with Crippen LogP contribution in [0.25, 0.3) is 10.2 Å². The molecule has 0 aliphatic carbocycles. The van der Waals surface area contributed by atoms with E-state index in [1.807, 2.05) is 29.8 Å². The molecule has 1 heterocycles. The van der Waals surface area contributed by atoms with Gasteiger partial charge in [-0.2, -0.15) is 4.99 Å². The highest BCUT2D eigenvalue weighted by atomic mass is 35.5. The van der Waals surface area contributed by atoms with Crippen molar-refractivity contribution in [3.63, 3.8) is 0 Å². The molecule has 1 aromatic heterocycles. The zero-order valence-electron chi connectivity index (χ0n) is 12.3. The van der Waals surface area contributed by atoms with Crippen molar-refractivity contribution >= 4 is 50.7 Å². The predicted molar refractivity (Wildman–Crippen MR) is 93.7 cm³/mol. The van der Waals surface area contributed by atoms with Gasteiger partial charge in [-0.25, -0.2) is 0 Å². The van der Waals surface area contributed by atoms with Crippen molar-refractivity contribution in [2.45, 2.75) is 0 Å². The van der Waals surface area contributed by atoms with Gasteiger partial charge in [-0.15, -0.1) is 0 Å². The summed E-state index contributed by atoms with van der Waals surface area (Å²) in [4.78, 5) is 17.2. The molecule has 1 amide bonds. The first-order chi connectivity index (χ1) is 11.0. The molecule has 0 aliphatic rings. The van der Waals surface area contributed by atoms with Crippen LogP contribution < -0.4 is 9.54 Å². The summed E-state index contributed by atoms with van der Waals surface area (Å²) in [6, 6.07) is 10.5. The van der Waals surface area contributed by atoms with Crippen LogP contribution in [0.3, 0.4) is 0 Å². The third kappa shape index (κ3) is 3.00. The standard InChI is InChI=1S/C16H12Cl2N2O2S/c1-20-14-12(22-2)4-3-5-13(14)23-16(20)19-15(21)10-7-6-9(17)8-11(10)18/h3-8H,1-2H3. The molecule has 23 heavy (non-hydrogen) atoms. The minimum atomic E-state index is -0.409. The highest BCUT2D eigenvalue weighted by Gasteiger charge is 2.12. The van der Waals surface area contributed by atoms with Crippen LogP contribution in [0, 0.1) is 0 Å². The Morgan fingerprint density at radius 3 is 2.74 bits per heavy atom. The number of carbonyl (C=O) groups is 1. The summed E-state index contributed by atoms with van der Waals surface area (Å²) in [5.74, 6) is 0.326. The number of halogens is 2. The maximum absolute atomic E-state index is 12.4. The molecular formula is C16H12Cl2N2O2S. The normalized spacial score (nSPS) is 11.9. The lowest BCUT2D eigenvalue weighted by Crippen LogP contribution is -2.13. The number of nitrogens with zero attached hydrogens (tertiary/aromatic N) is 2. The molecule has 0 spiro atoms. The fourth-order valence-electron chi connectivity index (χ4n) is 2.25. The van der Waals surface area contributed by atoms with Crippen LogP contribution in [-0.4, -0.2) is 17.6 Å². The van der Waals surface area contributed by atoms with Crippen LogP contribution in [0.1, 0.15) is 10.4 Å². The second kappa shape index (κ2) is 6.35. The summed E-state index contributed by atoms with van der Waals surface area (Å²) in [5, 5.41) is 0.760. The lowest BCUT2D eigenvalue weighted by molar-refractivity contribution is 0.0998. The molecule has 0 atom stereocenters. The molecule has 0 unspecified atom stereocenters. The molecule has 0 radical (unpaired) electrons. The number of rotatable bonds is 2. The molecule has 3 aromatic rings. The van der Waals surface area contributed by atoms with E-state index in [0.717, 1.165) is 16.0 Å².